The molecule has 5 nitrogen and oxygen atoms in total. The second kappa shape index (κ2) is 7.15. The van der Waals surface area contributed by atoms with E-state index in [1.54, 1.807) is 30.3 Å². The average molecular weight is 386 g/mol. The molecule has 0 aliphatic carbocycles. The molecule has 27 heavy (non-hydrogen) atoms. The summed E-state index contributed by atoms with van der Waals surface area (Å²) in [6.45, 7) is 5.07. The number of hydrogen-bond acceptors (Lipinski definition) is 6. The molecule has 0 spiro atoms. The van der Waals surface area contributed by atoms with E-state index in [-0.39, 0.29) is 24.0 Å². The lowest BCUT2D eigenvalue weighted by Gasteiger charge is -2.38. The van der Waals surface area contributed by atoms with Gasteiger partial charge in [0.25, 0.3) is 0 Å². The highest BCUT2D eigenvalue weighted by molar-refractivity contribution is 7.22. The second-order valence-corrected chi connectivity index (χ2v) is 7.74. The van der Waals surface area contributed by atoms with Crippen molar-refractivity contribution >= 4 is 32.7 Å². The average Bonchev–Trinajstić information content (AvgIpc) is 3.00. The molecule has 0 saturated carbocycles. The summed E-state index contributed by atoms with van der Waals surface area (Å²) in [6, 6.07) is 11.5. The number of aromatic nitrogens is 1. The van der Waals surface area contributed by atoms with Crippen molar-refractivity contribution in [2.24, 2.45) is 0 Å². The molecule has 0 unspecified atom stereocenters. The maximum atomic E-state index is 13.3. The third-order valence-electron chi connectivity index (χ3n) is 4.19. The van der Waals surface area contributed by atoms with Crippen LogP contribution >= 0.6 is 11.3 Å². The van der Waals surface area contributed by atoms with Gasteiger partial charge in [-0.05, 0) is 56.3 Å². The molecular formula is C20H19FN2O3S. The molecule has 1 saturated heterocycles. The molecule has 0 amide bonds. The predicted molar refractivity (Wildman–Crippen MR) is 103 cm³/mol. The zero-order valence-electron chi connectivity index (χ0n) is 15.0. The van der Waals surface area contributed by atoms with E-state index in [1.807, 2.05) is 18.7 Å². The quantitative estimate of drug-likeness (QED) is 0.613. The van der Waals surface area contributed by atoms with E-state index in [4.69, 9.17) is 9.47 Å². The summed E-state index contributed by atoms with van der Waals surface area (Å²) >= 11 is 1.44. The molecule has 140 valence electrons. The van der Waals surface area contributed by atoms with E-state index in [2.05, 4.69) is 4.98 Å². The van der Waals surface area contributed by atoms with Crippen molar-refractivity contribution in [3.63, 3.8) is 0 Å². The fraction of sp³-hybridized carbons (Fsp3) is 0.300. The molecule has 1 aliphatic rings. The van der Waals surface area contributed by atoms with E-state index in [9.17, 15) is 9.18 Å². The van der Waals surface area contributed by atoms with Gasteiger partial charge < -0.3 is 14.4 Å². The second-order valence-electron chi connectivity index (χ2n) is 6.73. The lowest BCUT2D eigenvalue weighted by atomic mass is 10.1. The van der Waals surface area contributed by atoms with Crippen LogP contribution in [0.1, 0.15) is 24.2 Å². The number of thiazole rings is 1. The number of hydrogen-bond donors (Lipinski definition) is 0. The summed E-state index contributed by atoms with van der Waals surface area (Å²) in [5.74, 6) is 0.115. The van der Waals surface area contributed by atoms with Crippen molar-refractivity contribution in [3.05, 3.63) is 53.8 Å². The van der Waals surface area contributed by atoms with Crippen molar-refractivity contribution in [3.8, 4) is 5.75 Å². The Morgan fingerprint density at radius 2 is 1.96 bits per heavy atom. The number of fused-ring (bicyclic) bond motifs is 1. The molecule has 1 fully saturated rings. The normalized spacial score (nSPS) is 14.4. The molecule has 3 aromatic rings. The Morgan fingerprint density at radius 3 is 2.67 bits per heavy atom. The number of benzene rings is 2. The summed E-state index contributed by atoms with van der Waals surface area (Å²) in [7, 11) is 0. The van der Waals surface area contributed by atoms with Crippen molar-refractivity contribution in [2.45, 2.75) is 26.1 Å². The highest BCUT2D eigenvalue weighted by Crippen LogP contribution is 2.32. The first kappa shape index (κ1) is 17.7. The fourth-order valence-electron chi connectivity index (χ4n) is 2.85. The number of rotatable bonds is 5. The lowest BCUT2D eigenvalue weighted by Crippen LogP contribution is -2.53. The molecule has 7 heteroatoms. The standard InChI is InChI=1S/C20H19FN2O3S/c1-12(2)25-15-6-3-13(4-7-15)19(24)26-16-10-23(11-16)20-22-17-8-5-14(21)9-18(17)27-20/h3-9,12,16H,10-11H2,1-2H3. The molecule has 1 aromatic heterocycles. The summed E-state index contributed by atoms with van der Waals surface area (Å²) in [4.78, 5) is 18.8. The van der Waals surface area contributed by atoms with E-state index in [1.165, 1.54) is 23.5 Å². The Balaban J connectivity index is 1.33. The Kier molecular flexibility index (Phi) is 4.70. The van der Waals surface area contributed by atoms with E-state index >= 15 is 0 Å². The first-order valence-corrected chi connectivity index (χ1v) is 9.58. The minimum Gasteiger partial charge on any atom is -0.491 e. The van der Waals surface area contributed by atoms with Crippen LogP contribution in [-0.2, 0) is 4.74 Å². The zero-order chi connectivity index (χ0) is 19.0. The smallest absolute Gasteiger partial charge is 0.338 e. The van der Waals surface area contributed by atoms with Crippen LogP contribution in [0.3, 0.4) is 0 Å². The van der Waals surface area contributed by atoms with Crippen molar-refractivity contribution in [2.75, 3.05) is 18.0 Å². The lowest BCUT2D eigenvalue weighted by molar-refractivity contribution is 0.0234. The maximum Gasteiger partial charge on any atom is 0.338 e. The van der Waals surface area contributed by atoms with Gasteiger partial charge in [0.1, 0.15) is 17.7 Å². The Morgan fingerprint density at radius 1 is 1.22 bits per heavy atom. The Bertz CT molecular complexity index is 965. The molecule has 4 rings (SSSR count). The predicted octanol–water partition coefficient (Wildman–Crippen LogP) is 4.27. The minimum atomic E-state index is -0.345. The topological polar surface area (TPSA) is 51.7 Å². The van der Waals surface area contributed by atoms with Gasteiger partial charge >= 0.3 is 5.97 Å². The largest absolute Gasteiger partial charge is 0.491 e. The van der Waals surface area contributed by atoms with Crippen LogP contribution in [0.15, 0.2) is 42.5 Å². The molecule has 0 N–H and O–H groups in total. The Hall–Kier alpha value is -2.67. The molecule has 2 heterocycles. The molecule has 0 atom stereocenters. The fourth-order valence-corrected chi connectivity index (χ4v) is 3.86. The van der Waals surface area contributed by atoms with Gasteiger partial charge in [0.2, 0.25) is 0 Å². The first-order chi connectivity index (χ1) is 13.0. The van der Waals surface area contributed by atoms with Gasteiger partial charge in [-0.2, -0.15) is 0 Å². The van der Waals surface area contributed by atoms with E-state index < -0.39 is 0 Å². The van der Waals surface area contributed by atoms with E-state index in [0.29, 0.717) is 18.7 Å². The van der Waals surface area contributed by atoms with Gasteiger partial charge in [0.05, 0.1) is 35.0 Å². The van der Waals surface area contributed by atoms with Crippen LogP contribution in [0.5, 0.6) is 5.75 Å². The highest BCUT2D eigenvalue weighted by atomic mass is 32.1. The maximum absolute atomic E-state index is 13.3. The van der Waals surface area contributed by atoms with Crippen LogP contribution in [-0.4, -0.2) is 36.3 Å². The van der Waals surface area contributed by atoms with Gasteiger partial charge in [0, 0.05) is 0 Å². The third-order valence-corrected chi connectivity index (χ3v) is 5.27. The van der Waals surface area contributed by atoms with Gasteiger partial charge in [-0.15, -0.1) is 0 Å². The number of esters is 1. The molecule has 1 aliphatic heterocycles. The van der Waals surface area contributed by atoms with Crippen LogP contribution in [0.2, 0.25) is 0 Å². The number of anilines is 1. The van der Waals surface area contributed by atoms with Crippen LogP contribution in [0.4, 0.5) is 9.52 Å². The van der Waals surface area contributed by atoms with Crippen LogP contribution < -0.4 is 9.64 Å². The van der Waals surface area contributed by atoms with Crippen LogP contribution in [0.25, 0.3) is 10.2 Å². The minimum absolute atomic E-state index is 0.0859. The summed E-state index contributed by atoms with van der Waals surface area (Å²) < 4.78 is 25.2. The monoisotopic (exact) mass is 386 g/mol. The molecule has 0 radical (unpaired) electrons. The van der Waals surface area contributed by atoms with Crippen molar-refractivity contribution in [1.29, 1.82) is 0 Å². The van der Waals surface area contributed by atoms with Gasteiger partial charge in [-0.1, -0.05) is 11.3 Å². The molecular weight excluding hydrogens is 367 g/mol. The van der Waals surface area contributed by atoms with Gasteiger partial charge in [0.15, 0.2) is 5.13 Å². The van der Waals surface area contributed by atoms with Crippen molar-refractivity contribution < 1.29 is 18.7 Å². The van der Waals surface area contributed by atoms with Crippen LogP contribution in [0, 0.1) is 5.82 Å². The summed E-state index contributed by atoms with van der Waals surface area (Å²) in [6.07, 6.45) is -0.0874. The number of ether oxygens (including phenoxy) is 2. The molecule has 0 bridgehead atoms. The zero-order valence-corrected chi connectivity index (χ0v) is 15.8. The molecule has 2 aromatic carbocycles. The summed E-state index contributed by atoms with van der Waals surface area (Å²) in [5, 5.41) is 0.818. The Labute approximate surface area is 160 Å². The highest BCUT2D eigenvalue weighted by Gasteiger charge is 2.32. The number of carbonyl (C=O) groups is 1. The van der Waals surface area contributed by atoms with Gasteiger partial charge in [-0.3, -0.25) is 0 Å². The summed E-state index contributed by atoms with van der Waals surface area (Å²) in [5.41, 5.74) is 1.28. The SMILES string of the molecule is CC(C)Oc1ccc(C(=O)OC2CN(c3nc4ccc(F)cc4s3)C2)cc1. The van der Waals surface area contributed by atoms with E-state index in [0.717, 1.165) is 21.1 Å². The van der Waals surface area contributed by atoms with Gasteiger partial charge in [-0.25, -0.2) is 14.2 Å². The third kappa shape index (κ3) is 3.88. The number of carbonyl (C=O) groups excluding carboxylic acids is 1. The number of nitrogens with zero attached hydrogens (tertiary/aromatic N) is 2. The first-order valence-electron chi connectivity index (χ1n) is 8.76. The number of halogens is 1. The van der Waals surface area contributed by atoms with Crippen molar-refractivity contribution in [1.82, 2.24) is 4.98 Å².